The van der Waals surface area contributed by atoms with Crippen LogP contribution < -0.4 is 25.9 Å². The third-order valence-corrected chi connectivity index (χ3v) is 4.80. The third kappa shape index (κ3) is 3.57. The van der Waals surface area contributed by atoms with Crippen molar-refractivity contribution in [2.45, 2.75) is 0 Å². The summed E-state index contributed by atoms with van der Waals surface area (Å²) in [5, 5.41) is 6.70. The molecule has 7 nitrogen and oxygen atoms in total. The van der Waals surface area contributed by atoms with Crippen LogP contribution in [0.25, 0.3) is 11.0 Å². The molecule has 1 aliphatic rings. The van der Waals surface area contributed by atoms with E-state index in [1.807, 2.05) is 24.3 Å². The van der Waals surface area contributed by atoms with Crippen molar-refractivity contribution in [3.63, 3.8) is 0 Å². The maximum atomic E-state index is 12.6. The predicted molar refractivity (Wildman–Crippen MR) is 109 cm³/mol. The van der Waals surface area contributed by atoms with Gasteiger partial charge in [0.25, 0.3) is 5.91 Å². The monoisotopic (exact) mass is 379 g/mol. The smallest absolute Gasteiger partial charge is 0.349 e. The van der Waals surface area contributed by atoms with Gasteiger partial charge in [0.1, 0.15) is 5.56 Å². The van der Waals surface area contributed by atoms with E-state index in [0.717, 1.165) is 31.9 Å². The molecule has 1 saturated heterocycles. The first kappa shape index (κ1) is 18.1. The fourth-order valence-corrected chi connectivity index (χ4v) is 3.31. The van der Waals surface area contributed by atoms with Gasteiger partial charge in [0.15, 0.2) is 11.3 Å². The zero-order chi connectivity index (χ0) is 19.5. The molecular weight excluding hydrogens is 358 g/mol. The minimum absolute atomic E-state index is 0.0491. The number of nitrogens with zero attached hydrogens (tertiary/aromatic N) is 1. The van der Waals surface area contributed by atoms with Crippen LogP contribution in [0.5, 0.6) is 5.75 Å². The highest BCUT2D eigenvalue weighted by Gasteiger charge is 2.16. The molecule has 1 fully saturated rings. The number of nitrogens with one attached hydrogen (secondary N) is 2. The number of para-hydroxylation sites is 1. The van der Waals surface area contributed by atoms with Crippen LogP contribution in [0.3, 0.4) is 0 Å². The maximum absolute atomic E-state index is 12.6. The van der Waals surface area contributed by atoms with Gasteiger partial charge in [0.2, 0.25) is 0 Å². The average molecular weight is 379 g/mol. The molecule has 28 heavy (non-hydrogen) atoms. The molecule has 3 aromatic rings. The molecule has 7 heteroatoms. The summed E-state index contributed by atoms with van der Waals surface area (Å²) in [4.78, 5) is 27.2. The predicted octanol–water partition coefficient (Wildman–Crippen LogP) is 2.46. The molecule has 1 amide bonds. The summed E-state index contributed by atoms with van der Waals surface area (Å²) in [7, 11) is 1.50. The summed E-state index contributed by atoms with van der Waals surface area (Å²) < 4.78 is 10.5. The van der Waals surface area contributed by atoms with Crippen LogP contribution in [-0.2, 0) is 0 Å². The van der Waals surface area contributed by atoms with Crippen molar-refractivity contribution < 1.29 is 13.9 Å². The Kier molecular flexibility index (Phi) is 4.99. The molecule has 0 spiro atoms. The SMILES string of the molecule is COc1cccc2cc(C(=O)Nc3ccc(N4CCNCC4)cc3)c(=O)oc12. The van der Waals surface area contributed by atoms with Gasteiger partial charge in [0.05, 0.1) is 7.11 Å². The summed E-state index contributed by atoms with van der Waals surface area (Å²) in [6, 6.07) is 14.4. The standard InChI is InChI=1S/C21H21N3O4/c1-27-18-4-2-3-14-13-17(21(26)28-19(14)18)20(25)23-15-5-7-16(8-6-15)24-11-9-22-10-12-24/h2-8,13,22H,9-12H2,1H3,(H,23,25). The molecule has 2 N–H and O–H groups in total. The number of piperazine rings is 1. The van der Waals surface area contributed by atoms with E-state index in [2.05, 4.69) is 15.5 Å². The number of amides is 1. The number of ether oxygens (including phenoxy) is 1. The third-order valence-electron chi connectivity index (χ3n) is 4.80. The zero-order valence-corrected chi connectivity index (χ0v) is 15.5. The van der Waals surface area contributed by atoms with Gasteiger partial charge in [0, 0.05) is 42.9 Å². The minimum atomic E-state index is -0.702. The molecule has 144 valence electrons. The molecule has 0 unspecified atom stereocenters. The highest BCUT2D eigenvalue weighted by atomic mass is 16.5. The molecular formula is C21H21N3O4. The largest absolute Gasteiger partial charge is 0.493 e. The Bertz CT molecular complexity index is 1050. The number of carbonyl (C=O) groups excluding carboxylic acids is 1. The van der Waals surface area contributed by atoms with Gasteiger partial charge in [-0.1, -0.05) is 12.1 Å². The van der Waals surface area contributed by atoms with Gasteiger partial charge in [-0.15, -0.1) is 0 Å². The fraction of sp³-hybridized carbons (Fsp3) is 0.238. The summed E-state index contributed by atoms with van der Waals surface area (Å²) in [6.45, 7) is 3.82. The topological polar surface area (TPSA) is 83.8 Å². The van der Waals surface area contributed by atoms with Crippen LogP contribution in [-0.4, -0.2) is 39.2 Å². The van der Waals surface area contributed by atoms with Crippen molar-refractivity contribution in [1.29, 1.82) is 0 Å². The molecule has 0 aliphatic carbocycles. The molecule has 0 bridgehead atoms. The Morgan fingerprint density at radius 2 is 1.89 bits per heavy atom. The normalized spacial score (nSPS) is 14.1. The summed E-state index contributed by atoms with van der Waals surface area (Å²) >= 11 is 0. The molecule has 2 aromatic carbocycles. The van der Waals surface area contributed by atoms with E-state index in [1.165, 1.54) is 13.2 Å². The molecule has 0 radical (unpaired) electrons. The van der Waals surface area contributed by atoms with Gasteiger partial charge >= 0.3 is 5.63 Å². The van der Waals surface area contributed by atoms with Crippen molar-refractivity contribution in [2.24, 2.45) is 0 Å². The molecule has 4 rings (SSSR count). The van der Waals surface area contributed by atoms with Crippen LogP contribution in [0.2, 0.25) is 0 Å². The molecule has 1 aromatic heterocycles. The number of carbonyl (C=O) groups is 1. The lowest BCUT2D eigenvalue weighted by Gasteiger charge is -2.29. The molecule has 1 aliphatic heterocycles. The second-order valence-corrected chi connectivity index (χ2v) is 6.56. The van der Waals surface area contributed by atoms with E-state index < -0.39 is 11.5 Å². The van der Waals surface area contributed by atoms with E-state index in [4.69, 9.17) is 9.15 Å². The lowest BCUT2D eigenvalue weighted by Crippen LogP contribution is -2.43. The number of fused-ring (bicyclic) bond motifs is 1. The zero-order valence-electron chi connectivity index (χ0n) is 15.5. The second kappa shape index (κ2) is 7.74. The maximum Gasteiger partial charge on any atom is 0.349 e. The Balaban J connectivity index is 1.55. The van der Waals surface area contributed by atoms with Crippen molar-refractivity contribution in [2.75, 3.05) is 43.5 Å². The van der Waals surface area contributed by atoms with E-state index in [9.17, 15) is 9.59 Å². The Morgan fingerprint density at radius 3 is 2.61 bits per heavy atom. The van der Waals surface area contributed by atoms with Crippen LogP contribution >= 0.6 is 0 Å². The van der Waals surface area contributed by atoms with Gasteiger partial charge in [-0.3, -0.25) is 4.79 Å². The van der Waals surface area contributed by atoms with Crippen LogP contribution in [0, 0.1) is 0 Å². The Hall–Kier alpha value is -3.32. The van der Waals surface area contributed by atoms with Crippen molar-refractivity contribution in [3.8, 4) is 5.75 Å². The lowest BCUT2D eigenvalue weighted by atomic mass is 10.1. The molecule has 0 atom stereocenters. The fourth-order valence-electron chi connectivity index (χ4n) is 3.31. The first-order valence-electron chi connectivity index (χ1n) is 9.13. The lowest BCUT2D eigenvalue weighted by molar-refractivity contribution is 0.102. The quantitative estimate of drug-likeness (QED) is 0.678. The second-order valence-electron chi connectivity index (χ2n) is 6.56. The van der Waals surface area contributed by atoms with E-state index in [-0.39, 0.29) is 5.56 Å². The number of hydrogen-bond acceptors (Lipinski definition) is 6. The summed E-state index contributed by atoms with van der Waals surface area (Å²) in [5.41, 5.74) is 1.30. The Labute approximate surface area is 161 Å². The van der Waals surface area contributed by atoms with Crippen molar-refractivity contribution in [1.82, 2.24) is 5.32 Å². The number of rotatable bonds is 4. The first-order chi connectivity index (χ1) is 13.7. The number of methoxy groups -OCH3 is 1. The van der Waals surface area contributed by atoms with E-state index >= 15 is 0 Å². The van der Waals surface area contributed by atoms with Gasteiger partial charge in [-0.05, 0) is 36.4 Å². The summed E-state index contributed by atoms with van der Waals surface area (Å²) in [6.07, 6.45) is 0. The van der Waals surface area contributed by atoms with Crippen LogP contribution in [0.15, 0.2) is 57.7 Å². The van der Waals surface area contributed by atoms with Crippen LogP contribution in [0.1, 0.15) is 10.4 Å². The molecule has 2 heterocycles. The van der Waals surface area contributed by atoms with Crippen molar-refractivity contribution in [3.05, 3.63) is 64.5 Å². The van der Waals surface area contributed by atoms with Crippen LogP contribution in [0.4, 0.5) is 11.4 Å². The average Bonchev–Trinajstić information content (AvgIpc) is 2.74. The Morgan fingerprint density at radius 1 is 1.14 bits per heavy atom. The van der Waals surface area contributed by atoms with Gasteiger partial charge < -0.3 is 24.7 Å². The first-order valence-corrected chi connectivity index (χ1v) is 9.13. The number of hydrogen-bond donors (Lipinski definition) is 2. The number of benzene rings is 2. The van der Waals surface area contributed by atoms with Gasteiger partial charge in [-0.2, -0.15) is 0 Å². The highest BCUT2D eigenvalue weighted by molar-refractivity contribution is 6.05. The van der Waals surface area contributed by atoms with Crippen molar-refractivity contribution >= 4 is 28.3 Å². The van der Waals surface area contributed by atoms with Gasteiger partial charge in [-0.25, -0.2) is 4.79 Å². The van der Waals surface area contributed by atoms with E-state index in [1.54, 1.807) is 18.2 Å². The molecule has 0 saturated carbocycles. The minimum Gasteiger partial charge on any atom is -0.493 e. The number of anilines is 2. The summed E-state index contributed by atoms with van der Waals surface area (Å²) in [5.74, 6) is -0.0570. The highest BCUT2D eigenvalue weighted by Crippen LogP contribution is 2.25. The van der Waals surface area contributed by atoms with E-state index in [0.29, 0.717) is 22.4 Å².